The number of carbonyl (C=O) groups excluding carboxylic acids is 1. The molecule has 0 spiro atoms. The minimum atomic E-state index is -0.109. The van der Waals surface area contributed by atoms with E-state index in [9.17, 15) is 9.90 Å². The van der Waals surface area contributed by atoms with E-state index in [2.05, 4.69) is 10.2 Å². The SMILES string of the molecule is CNC(=O)c1ccc(N)c(N2CCCCC2CCO)c1. The van der Waals surface area contributed by atoms with Gasteiger partial charge in [-0.1, -0.05) is 0 Å². The molecule has 1 aromatic carbocycles. The lowest BCUT2D eigenvalue weighted by atomic mass is 9.98. The van der Waals surface area contributed by atoms with Crippen LogP contribution in [0.15, 0.2) is 18.2 Å². The third-order valence-corrected chi connectivity index (χ3v) is 3.92. The van der Waals surface area contributed by atoms with Gasteiger partial charge in [0.2, 0.25) is 0 Å². The first-order valence-corrected chi connectivity index (χ1v) is 7.16. The minimum Gasteiger partial charge on any atom is -0.397 e. The summed E-state index contributed by atoms with van der Waals surface area (Å²) in [6, 6.07) is 5.67. The standard InChI is InChI=1S/C15H23N3O2/c1-17-15(20)11-5-6-13(16)14(10-11)18-8-3-2-4-12(18)7-9-19/h5-6,10,12,19H,2-4,7-9,16H2,1H3,(H,17,20). The van der Waals surface area contributed by atoms with E-state index in [4.69, 9.17) is 5.73 Å². The Bertz CT molecular complexity index is 474. The van der Waals surface area contributed by atoms with Gasteiger partial charge < -0.3 is 21.1 Å². The van der Waals surface area contributed by atoms with E-state index in [0.29, 0.717) is 17.3 Å². The number of hydrogen-bond acceptors (Lipinski definition) is 4. The fourth-order valence-electron chi connectivity index (χ4n) is 2.84. The Balaban J connectivity index is 2.31. The summed E-state index contributed by atoms with van der Waals surface area (Å²) in [5.41, 5.74) is 8.29. The molecular formula is C15H23N3O2. The summed E-state index contributed by atoms with van der Waals surface area (Å²) in [5.74, 6) is -0.109. The van der Waals surface area contributed by atoms with E-state index >= 15 is 0 Å². The highest BCUT2D eigenvalue weighted by atomic mass is 16.3. The fraction of sp³-hybridized carbons (Fsp3) is 0.533. The lowest BCUT2D eigenvalue weighted by Crippen LogP contribution is -2.40. The van der Waals surface area contributed by atoms with E-state index in [1.165, 1.54) is 6.42 Å². The highest BCUT2D eigenvalue weighted by molar-refractivity contribution is 5.96. The summed E-state index contributed by atoms with van der Waals surface area (Å²) in [4.78, 5) is 14.0. The van der Waals surface area contributed by atoms with E-state index in [1.54, 1.807) is 19.2 Å². The zero-order valence-corrected chi connectivity index (χ0v) is 11.9. The van der Waals surface area contributed by atoms with Crippen molar-refractivity contribution >= 4 is 17.3 Å². The lowest BCUT2D eigenvalue weighted by molar-refractivity contribution is 0.0963. The van der Waals surface area contributed by atoms with E-state index in [1.807, 2.05) is 6.07 Å². The molecule has 1 fully saturated rings. The number of nitrogen functional groups attached to an aromatic ring is 1. The number of amides is 1. The molecule has 5 nitrogen and oxygen atoms in total. The van der Waals surface area contributed by atoms with Crippen molar-refractivity contribution in [3.8, 4) is 0 Å². The summed E-state index contributed by atoms with van der Waals surface area (Å²) >= 11 is 0. The molecule has 1 atom stereocenters. The van der Waals surface area contributed by atoms with Crippen LogP contribution in [0.3, 0.4) is 0 Å². The molecular weight excluding hydrogens is 254 g/mol. The number of nitrogens with one attached hydrogen (secondary N) is 1. The van der Waals surface area contributed by atoms with Gasteiger partial charge in [-0.05, 0) is 43.9 Å². The average molecular weight is 277 g/mol. The van der Waals surface area contributed by atoms with Crippen molar-refractivity contribution in [1.82, 2.24) is 5.32 Å². The monoisotopic (exact) mass is 277 g/mol. The molecule has 2 rings (SSSR count). The Morgan fingerprint density at radius 3 is 3.00 bits per heavy atom. The smallest absolute Gasteiger partial charge is 0.251 e. The maximum atomic E-state index is 11.8. The highest BCUT2D eigenvalue weighted by Crippen LogP contribution is 2.31. The minimum absolute atomic E-state index is 0.109. The molecule has 5 heteroatoms. The molecule has 0 bridgehead atoms. The second kappa shape index (κ2) is 6.61. The molecule has 20 heavy (non-hydrogen) atoms. The number of anilines is 2. The Hall–Kier alpha value is -1.75. The second-order valence-electron chi connectivity index (χ2n) is 5.21. The van der Waals surface area contributed by atoms with Gasteiger partial charge in [0, 0.05) is 31.8 Å². The molecule has 1 aliphatic heterocycles. The van der Waals surface area contributed by atoms with Crippen LogP contribution in [0, 0.1) is 0 Å². The van der Waals surface area contributed by atoms with Crippen molar-refractivity contribution in [1.29, 1.82) is 0 Å². The van der Waals surface area contributed by atoms with Crippen molar-refractivity contribution < 1.29 is 9.90 Å². The van der Waals surface area contributed by atoms with Gasteiger partial charge in [-0.2, -0.15) is 0 Å². The van der Waals surface area contributed by atoms with Crippen molar-refractivity contribution in [2.24, 2.45) is 0 Å². The molecule has 0 saturated carbocycles. The normalized spacial score (nSPS) is 18.9. The lowest BCUT2D eigenvalue weighted by Gasteiger charge is -2.38. The predicted molar refractivity (Wildman–Crippen MR) is 80.9 cm³/mol. The Morgan fingerprint density at radius 1 is 1.50 bits per heavy atom. The molecule has 0 radical (unpaired) electrons. The molecule has 0 aromatic heterocycles. The Kier molecular flexibility index (Phi) is 4.84. The van der Waals surface area contributed by atoms with E-state index < -0.39 is 0 Å². The van der Waals surface area contributed by atoms with Gasteiger partial charge in [0.1, 0.15) is 0 Å². The van der Waals surface area contributed by atoms with Gasteiger partial charge in [-0.15, -0.1) is 0 Å². The van der Waals surface area contributed by atoms with Gasteiger partial charge in [-0.25, -0.2) is 0 Å². The van der Waals surface area contributed by atoms with Crippen LogP contribution in [0.2, 0.25) is 0 Å². The second-order valence-corrected chi connectivity index (χ2v) is 5.21. The van der Waals surface area contributed by atoms with Gasteiger partial charge in [0.15, 0.2) is 0 Å². The number of piperidine rings is 1. The number of hydrogen-bond donors (Lipinski definition) is 3. The average Bonchev–Trinajstić information content (AvgIpc) is 2.48. The van der Waals surface area contributed by atoms with Crippen molar-refractivity contribution in [2.45, 2.75) is 31.7 Å². The molecule has 1 unspecified atom stereocenters. The van der Waals surface area contributed by atoms with Crippen molar-refractivity contribution in [2.75, 3.05) is 30.8 Å². The van der Waals surface area contributed by atoms with Crippen LogP contribution >= 0.6 is 0 Å². The molecule has 110 valence electrons. The van der Waals surface area contributed by atoms with Crippen molar-refractivity contribution in [3.05, 3.63) is 23.8 Å². The number of aliphatic hydroxyl groups excluding tert-OH is 1. The highest BCUT2D eigenvalue weighted by Gasteiger charge is 2.24. The van der Waals surface area contributed by atoms with E-state index in [0.717, 1.165) is 31.5 Å². The van der Waals surface area contributed by atoms with Crippen LogP contribution in [-0.2, 0) is 0 Å². The summed E-state index contributed by atoms with van der Waals surface area (Å²) in [5, 5.41) is 11.8. The third kappa shape index (κ3) is 3.04. The first kappa shape index (κ1) is 14.7. The zero-order chi connectivity index (χ0) is 14.5. The number of carbonyl (C=O) groups is 1. The van der Waals surface area contributed by atoms with Crippen LogP contribution in [0.5, 0.6) is 0 Å². The summed E-state index contributed by atoms with van der Waals surface area (Å²) in [7, 11) is 1.62. The number of rotatable bonds is 4. The van der Waals surface area contributed by atoms with Gasteiger partial charge in [-0.3, -0.25) is 4.79 Å². The number of benzene rings is 1. The molecule has 1 saturated heterocycles. The number of aliphatic hydroxyl groups is 1. The zero-order valence-electron chi connectivity index (χ0n) is 11.9. The van der Waals surface area contributed by atoms with E-state index in [-0.39, 0.29) is 12.5 Å². The maximum Gasteiger partial charge on any atom is 0.251 e. The Labute approximate surface area is 119 Å². The van der Waals surface area contributed by atoms with Crippen LogP contribution in [0.4, 0.5) is 11.4 Å². The van der Waals surface area contributed by atoms with Gasteiger partial charge in [0.25, 0.3) is 5.91 Å². The predicted octanol–water partition coefficient (Wildman–Crippen LogP) is 1.37. The molecule has 1 amide bonds. The topological polar surface area (TPSA) is 78.6 Å². The van der Waals surface area contributed by atoms with Gasteiger partial charge >= 0.3 is 0 Å². The number of nitrogens with zero attached hydrogens (tertiary/aromatic N) is 1. The maximum absolute atomic E-state index is 11.8. The molecule has 1 heterocycles. The molecule has 0 aliphatic carbocycles. The first-order chi connectivity index (χ1) is 9.67. The number of nitrogens with two attached hydrogens (primary N) is 1. The van der Waals surface area contributed by atoms with Crippen LogP contribution < -0.4 is 16.0 Å². The molecule has 1 aromatic rings. The molecule has 1 aliphatic rings. The Morgan fingerprint density at radius 2 is 2.30 bits per heavy atom. The third-order valence-electron chi connectivity index (χ3n) is 3.92. The summed E-state index contributed by atoms with van der Waals surface area (Å²) in [6.45, 7) is 1.10. The van der Waals surface area contributed by atoms with Crippen LogP contribution in [0.25, 0.3) is 0 Å². The quantitative estimate of drug-likeness (QED) is 0.726. The first-order valence-electron chi connectivity index (χ1n) is 7.16. The fourth-order valence-corrected chi connectivity index (χ4v) is 2.84. The summed E-state index contributed by atoms with van der Waals surface area (Å²) < 4.78 is 0. The van der Waals surface area contributed by atoms with Crippen LogP contribution in [-0.4, -0.2) is 37.3 Å². The van der Waals surface area contributed by atoms with Crippen LogP contribution in [0.1, 0.15) is 36.0 Å². The molecule has 4 N–H and O–H groups in total. The van der Waals surface area contributed by atoms with Crippen molar-refractivity contribution in [3.63, 3.8) is 0 Å². The largest absolute Gasteiger partial charge is 0.397 e. The summed E-state index contributed by atoms with van der Waals surface area (Å²) in [6.07, 6.45) is 4.09. The van der Waals surface area contributed by atoms with Gasteiger partial charge in [0.05, 0.1) is 11.4 Å².